The molecule has 202 valence electrons. The molecule has 3 aromatic rings. The minimum Gasteiger partial charge on any atom is -0.378 e. The van der Waals surface area contributed by atoms with Crippen molar-refractivity contribution in [3.8, 4) is 11.3 Å². The summed E-state index contributed by atoms with van der Waals surface area (Å²) in [6, 6.07) is 16.3. The van der Waals surface area contributed by atoms with E-state index in [9.17, 15) is 14.4 Å². The quantitative estimate of drug-likeness (QED) is 0.320. The smallest absolute Gasteiger partial charge is 0.227 e. The van der Waals surface area contributed by atoms with Crippen LogP contribution >= 0.6 is 0 Å². The van der Waals surface area contributed by atoms with Crippen LogP contribution in [-0.2, 0) is 14.4 Å². The third-order valence-corrected chi connectivity index (χ3v) is 10.1. The van der Waals surface area contributed by atoms with Gasteiger partial charge >= 0.3 is 0 Å². The first-order valence-corrected chi connectivity index (χ1v) is 14.8. The van der Waals surface area contributed by atoms with Crippen LogP contribution in [0.25, 0.3) is 22.2 Å². The van der Waals surface area contributed by atoms with Gasteiger partial charge in [-0.3, -0.25) is 14.4 Å². The Labute approximate surface area is 229 Å². The highest BCUT2D eigenvalue weighted by Crippen LogP contribution is 2.58. The summed E-state index contributed by atoms with van der Waals surface area (Å²) in [5.41, 5.74) is 4.55. The first-order chi connectivity index (χ1) is 19.0. The molecule has 0 radical (unpaired) electrons. The fraction of sp³-hybridized carbons (Fsp3) is 0.485. The number of carbonyl (C=O) groups is 3. The van der Waals surface area contributed by atoms with Gasteiger partial charge in [0.25, 0.3) is 0 Å². The summed E-state index contributed by atoms with van der Waals surface area (Å²) in [5.74, 6) is 1.78. The molecule has 39 heavy (non-hydrogen) atoms. The molecular weight excluding hydrogens is 486 g/mol. The van der Waals surface area contributed by atoms with Crippen molar-refractivity contribution in [1.82, 2.24) is 4.98 Å². The van der Waals surface area contributed by atoms with Crippen LogP contribution in [0.4, 0.5) is 11.4 Å². The Morgan fingerprint density at radius 2 is 1.59 bits per heavy atom. The summed E-state index contributed by atoms with van der Waals surface area (Å²) >= 11 is 0. The Bertz CT molecular complexity index is 1410. The number of H-pyrrole nitrogens is 1. The lowest BCUT2D eigenvalue weighted by atomic mass is 9.48. The first-order valence-electron chi connectivity index (χ1n) is 14.8. The van der Waals surface area contributed by atoms with Gasteiger partial charge in [-0.2, -0.15) is 0 Å². The van der Waals surface area contributed by atoms with Crippen molar-refractivity contribution >= 4 is 39.8 Å². The molecule has 4 bridgehead atoms. The molecule has 6 heteroatoms. The van der Waals surface area contributed by atoms with Gasteiger partial charge in [0.1, 0.15) is 5.78 Å². The van der Waals surface area contributed by atoms with Crippen LogP contribution in [0.15, 0.2) is 48.5 Å². The molecule has 5 aliphatic rings. The number of Topliss-reactive ketones (excluding diaryl/α,β-unsaturated/α-hetero) is 2. The molecule has 6 nitrogen and oxygen atoms in total. The zero-order valence-corrected chi connectivity index (χ0v) is 22.4. The second-order valence-electron chi connectivity index (χ2n) is 12.7. The molecule has 0 saturated heterocycles. The summed E-state index contributed by atoms with van der Waals surface area (Å²) in [6.45, 7) is 0.321. The number of fused-ring (bicyclic) bond motifs is 1. The molecule has 5 saturated carbocycles. The molecule has 1 heterocycles. The fourth-order valence-corrected chi connectivity index (χ4v) is 8.20. The van der Waals surface area contributed by atoms with Crippen molar-refractivity contribution in [1.29, 1.82) is 0 Å². The molecular formula is C33H37N3O3. The van der Waals surface area contributed by atoms with Gasteiger partial charge in [0.05, 0.1) is 6.54 Å². The average Bonchev–Trinajstić information content (AvgIpc) is 3.38. The van der Waals surface area contributed by atoms with Gasteiger partial charge in [-0.25, -0.2) is 0 Å². The summed E-state index contributed by atoms with van der Waals surface area (Å²) < 4.78 is 0. The topological polar surface area (TPSA) is 91.1 Å². The Hall–Kier alpha value is -3.41. The predicted molar refractivity (Wildman–Crippen MR) is 153 cm³/mol. The van der Waals surface area contributed by atoms with Gasteiger partial charge in [-0.05, 0) is 86.8 Å². The highest BCUT2D eigenvalue weighted by molar-refractivity contribution is 5.96. The number of hydrogen-bond donors (Lipinski definition) is 3. The molecule has 1 amide bonds. The monoisotopic (exact) mass is 523 g/mol. The second kappa shape index (κ2) is 9.65. The summed E-state index contributed by atoms with van der Waals surface area (Å²) in [4.78, 5) is 42.0. The van der Waals surface area contributed by atoms with Gasteiger partial charge in [-0.15, -0.1) is 0 Å². The predicted octanol–water partition coefficient (Wildman–Crippen LogP) is 6.73. The van der Waals surface area contributed by atoms with E-state index in [1.165, 1.54) is 6.42 Å². The van der Waals surface area contributed by atoms with E-state index < -0.39 is 0 Å². The van der Waals surface area contributed by atoms with Crippen LogP contribution in [0.1, 0.15) is 64.2 Å². The zero-order valence-electron chi connectivity index (χ0n) is 22.4. The van der Waals surface area contributed by atoms with Crippen LogP contribution in [0.5, 0.6) is 0 Å². The highest BCUT2D eigenvalue weighted by atomic mass is 16.2. The van der Waals surface area contributed by atoms with Gasteiger partial charge in [0.15, 0.2) is 5.78 Å². The number of amides is 1. The van der Waals surface area contributed by atoms with Crippen LogP contribution in [-0.4, -0.2) is 29.0 Å². The third-order valence-electron chi connectivity index (χ3n) is 10.1. The molecule has 8 rings (SSSR count). The van der Waals surface area contributed by atoms with E-state index in [1.54, 1.807) is 0 Å². The Morgan fingerprint density at radius 1 is 0.872 bits per heavy atom. The number of anilines is 2. The summed E-state index contributed by atoms with van der Waals surface area (Å²) in [6.07, 6.45) is 10.0. The van der Waals surface area contributed by atoms with Gasteiger partial charge in [0, 0.05) is 51.1 Å². The van der Waals surface area contributed by atoms with E-state index in [1.807, 2.05) is 30.3 Å². The van der Waals surface area contributed by atoms with Crippen LogP contribution in [0, 0.1) is 29.1 Å². The molecule has 0 spiro atoms. The summed E-state index contributed by atoms with van der Waals surface area (Å²) in [7, 11) is 0. The van der Waals surface area contributed by atoms with Crippen molar-refractivity contribution in [2.45, 2.75) is 64.2 Å². The standard InChI is InChI=1S/C33H37N3O3/c37-30(33-16-20-12-24(17-33)31(38)25(13-20)18-33)19-34-26-9-6-21(7-10-26)28-14-23-8-11-27(15-29(23)36-28)35-32(39)22-4-2-1-3-5-22/h6-11,14-15,20,22,24-25,34,36H,1-5,12-13,16-19H2,(H,35,39). The molecule has 1 aromatic heterocycles. The van der Waals surface area contributed by atoms with Gasteiger partial charge in [-0.1, -0.05) is 37.5 Å². The minimum absolute atomic E-state index is 0.125. The normalized spacial score (nSPS) is 28.1. The van der Waals surface area contributed by atoms with E-state index >= 15 is 0 Å². The van der Waals surface area contributed by atoms with Crippen molar-refractivity contribution in [3.63, 3.8) is 0 Å². The highest BCUT2D eigenvalue weighted by Gasteiger charge is 2.57. The number of carbonyl (C=O) groups excluding carboxylic acids is 3. The number of benzene rings is 2. The first kappa shape index (κ1) is 24.6. The van der Waals surface area contributed by atoms with Crippen LogP contribution < -0.4 is 10.6 Å². The van der Waals surface area contributed by atoms with E-state index in [0.717, 1.165) is 91.3 Å². The number of aromatic amines is 1. The van der Waals surface area contributed by atoms with Crippen molar-refractivity contribution < 1.29 is 14.4 Å². The largest absolute Gasteiger partial charge is 0.378 e. The van der Waals surface area contributed by atoms with E-state index in [4.69, 9.17) is 0 Å². The van der Waals surface area contributed by atoms with Crippen LogP contribution in [0.3, 0.4) is 0 Å². The SMILES string of the molecule is O=C(Nc1ccc2cc(-c3ccc(NCC(=O)C45CC6CC(C4)C(=O)C(C6)C5)cc3)[nH]c2c1)C1CCCCC1. The van der Waals surface area contributed by atoms with E-state index in [-0.39, 0.29) is 34.9 Å². The molecule has 3 N–H and O–H groups in total. The maximum atomic E-state index is 13.3. The van der Waals surface area contributed by atoms with Crippen molar-refractivity contribution in [2.75, 3.05) is 17.2 Å². The number of aromatic nitrogens is 1. The maximum absolute atomic E-state index is 13.3. The van der Waals surface area contributed by atoms with Crippen LogP contribution in [0.2, 0.25) is 0 Å². The van der Waals surface area contributed by atoms with Gasteiger partial charge in [0.2, 0.25) is 5.91 Å². The van der Waals surface area contributed by atoms with Gasteiger partial charge < -0.3 is 15.6 Å². The summed E-state index contributed by atoms with van der Waals surface area (Å²) in [5, 5.41) is 7.57. The number of hydrogen-bond acceptors (Lipinski definition) is 4. The van der Waals surface area contributed by atoms with E-state index in [0.29, 0.717) is 18.2 Å². The Balaban J connectivity index is 0.993. The molecule has 5 fully saturated rings. The Morgan fingerprint density at radius 3 is 2.33 bits per heavy atom. The van der Waals surface area contributed by atoms with Crippen molar-refractivity contribution in [2.24, 2.45) is 29.1 Å². The second-order valence-corrected chi connectivity index (χ2v) is 12.7. The molecule has 5 aliphatic carbocycles. The number of nitrogens with one attached hydrogen (secondary N) is 3. The lowest BCUT2D eigenvalue weighted by Crippen LogP contribution is -2.55. The fourth-order valence-electron chi connectivity index (χ4n) is 8.20. The molecule has 0 aliphatic heterocycles. The molecule has 2 unspecified atom stereocenters. The zero-order chi connectivity index (χ0) is 26.6. The number of rotatable bonds is 7. The third kappa shape index (κ3) is 4.58. The minimum atomic E-state index is -0.281. The van der Waals surface area contributed by atoms with E-state index in [2.05, 4.69) is 33.8 Å². The molecule has 2 atom stereocenters. The average molecular weight is 524 g/mol. The lowest BCUT2D eigenvalue weighted by Gasteiger charge is -2.54. The number of ketones is 2. The maximum Gasteiger partial charge on any atom is 0.227 e. The Kier molecular flexibility index (Phi) is 6.09. The molecule has 2 aromatic carbocycles. The lowest BCUT2D eigenvalue weighted by molar-refractivity contribution is -0.155. The van der Waals surface area contributed by atoms with Crippen molar-refractivity contribution in [3.05, 3.63) is 48.5 Å².